The van der Waals surface area contributed by atoms with Crippen LogP contribution < -0.4 is 10.1 Å². The Morgan fingerprint density at radius 3 is 2.89 bits per heavy atom. The Morgan fingerprint density at radius 2 is 2.22 bits per heavy atom. The molecule has 0 aromatic heterocycles. The lowest BCUT2D eigenvalue weighted by atomic mass is 10.2. The fourth-order valence-corrected chi connectivity index (χ4v) is 1.88. The minimum Gasteiger partial charge on any atom is -0.493 e. The molecule has 0 saturated carbocycles. The predicted octanol–water partition coefficient (Wildman–Crippen LogP) is 3.63. The van der Waals surface area contributed by atoms with Crippen LogP contribution in [0.4, 0.5) is 0 Å². The van der Waals surface area contributed by atoms with E-state index in [1.165, 1.54) is 0 Å². The molecule has 0 bridgehead atoms. The summed E-state index contributed by atoms with van der Waals surface area (Å²) in [6, 6.07) is 8.56. The van der Waals surface area contributed by atoms with E-state index in [0.29, 0.717) is 19.1 Å². The standard InChI is InChI=1S/C14H19BrN2O/c1-11(2)17-10-12-9-13(15)5-6-14(12)18-8-4-3-7-16/h5-6,9,11,17H,3-4,8,10H2,1-2H3. The molecule has 0 atom stereocenters. The number of nitriles is 1. The van der Waals surface area contributed by atoms with Crippen LogP contribution in [0.25, 0.3) is 0 Å². The van der Waals surface area contributed by atoms with Crippen molar-refractivity contribution >= 4 is 15.9 Å². The number of unbranched alkanes of at least 4 members (excludes halogenated alkanes) is 1. The van der Waals surface area contributed by atoms with Crippen molar-refractivity contribution in [3.8, 4) is 11.8 Å². The van der Waals surface area contributed by atoms with Gasteiger partial charge in [0.15, 0.2) is 0 Å². The molecule has 0 amide bonds. The van der Waals surface area contributed by atoms with Gasteiger partial charge in [0.25, 0.3) is 0 Å². The summed E-state index contributed by atoms with van der Waals surface area (Å²) in [4.78, 5) is 0. The second-order valence-electron chi connectivity index (χ2n) is 4.40. The van der Waals surface area contributed by atoms with Crippen LogP contribution in [0.15, 0.2) is 22.7 Å². The molecule has 0 aliphatic rings. The minimum absolute atomic E-state index is 0.440. The Morgan fingerprint density at radius 1 is 1.44 bits per heavy atom. The molecule has 0 spiro atoms. The van der Waals surface area contributed by atoms with Crippen molar-refractivity contribution in [2.24, 2.45) is 0 Å². The topological polar surface area (TPSA) is 45.0 Å². The quantitative estimate of drug-likeness (QED) is 0.782. The number of rotatable bonds is 7. The molecule has 0 radical (unpaired) electrons. The number of ether oxygens (including phenoxy) is 1. The van der Waals surface area contributed by atoms with Crippen molar-refractivity contribution < 1.29 is 4.74 Å². The summed E-state index contributed by atoms with van der Waals surface area (Å²) >= 11 is 3.47. The van der Waals surface area contributed by atoms with E-state index in [2.05, 4.69) is 47.2 Å². The van der Waals surface area contributed by atoms with Crippen LogP contribution >= 0.6 is 15.9 Å². The highest BCUT2D eigenvalue weighted by Crippen LogP contribution is 2.23. The van der Waals surface area contributed by atoms with Crippen LogP contribution in [0.3, 0.4) is 0 Å². The third kappa shape index (κ3) is 5.52. The van der Waals surface area contributed by atoms with E-state index >= 15 is 0 Å². The average molecular weight is 311 g/mol. The van der Waals surface area contributed by atoms with E-state index in [1.54, 1.807) is 0 Å². The fraction of sp³-hybridized carbons (Fsp3) is 0.500. The molecule has 1 aromatic rings. The number of nitrogens with zero attached hydrogens (tertiary/aromatic N) is 1. The number of hydrogen-bond acceptors (Lipinski definition) is 3. The minimum atomic E-state index is 0.440. The zero-order valence-electron chi connectivity index (χ0n) is 10.9. The van der Waals surface area contributed by atoms with Crippen molar-refractivity contribution in [3.05, 3.63) is 28.2 Å². The van der Waals surface area contributed by atoms with E-state index in [9.17, 15) is 0 Å². The number of nitrogens with one attached hydrogen (secondary N) is 1. The lowest BCUT2D eigenvalue weighted by Crippen LogP contribution is -2.22. The summed E-state index contributed by atoms with van der Waals surface area (Å²) in [5, 5.41) is 11.9. The van der Waals surface area contributed by atoms with Gasteiger partial charge in [-0.25, -0.2) is 0 Å². The average Bonchev–Trinajstić information content (AvgIpc) is 2.34. The molecule has 0 saturated heterocycles. The van der Waals surface area contributed by atoms with Gasteiger partial charge in [-0.05, 0) is 24.6 Å². The van der Waals surface area contributed by atoms with Crippen molar-refractivity contribution in [2.75, 3.05) is 6.61 Å². The van der Waals surface area contributed by atoms with Crippen molar-refractivity contribution in [1.29, 1.82) is 5.26 Å². The molecule has 0 unspecified atom stereocenters. The highest BCUT2D eigenvalue weighted by Gasteiger charge is 2.05. The van der Waals surface area contributed by atoms with Crippen molar-refractivity contribution in [1.82, 2.24) is 5.32 Å². The normalized spacial score (nSPS) is 10.4. The van der Waals surface area contributed by atoms with Gasteiger partial charge in [0, 0.05) is 29.0 Å². The molecule has 1 N–H and O–H groups in total. The van der Waals surface area contributed by atoms with Crippen molar-refractivity contribution in [2.45, 2.75) is 39.3 Å². The molecule has 18 heavy (non-hydrogen) atoms. The second-order valence-corrected chi connectivity index (χ2v) is 5.31. The summed E-state index contributed by atoms with van der Waals surface area (Å²) in [5.74, 6) is 0.893. The molecule has 1 aromatic carbocycles. The van der Waals surface area contributed by atoms with Gasteiger partial charge >= 0.3 is 0 Å². The summed E-state index contributed by atoms with van der Waals surface area (Å²) in [6.07, 6.45) is 1.31. The molecule has 1 rings (SSSR count). The number of halogens is 1. The summed E-state index contributed by atoms with van der Waals surface area (Å²) in [5.41, 5.74) is 1.13. The zero-order valence-corrected chi connectivity index (χ0v) is 12.5. The predicted molar refractivity (Wildman–Crippen MR) is 76.5 cm³/mol. The van der Waals surface area contributed by atoms with Gasteiger partial charge in [-0.3, -0.25) is 0 Å². The highest BCUT2D eigenvalue weighted by atomic mass is 79.9. The van der Waals surface area contributed by atoms with Crippen LogP contribution in [0, 0.1) is 11.3 Å². The summed E-state index contributed by atoms with van der Waals surface area (Å²) in [6.45, 7) is 5.60. The zero-order chi connectivity index (χ0) is 13.4. The molecule has 0 aliphatic carbocycles. The smallest absolute Gasteiger partial charge is 0.123 e. The van der Waals surface area contributed by atoms with Crippen LogP contribution in [-0.2, 0) is 6.54 Å². The van der Waals surface area contributed by atoms with Gasteiger partial charge in [-0.1, -0.05) is 29.8 Å². The van der Waals surface area contributed by atoms with Gasteiger partial charge in [0.1, 0.15) is 5.75 Å². The Balaban J connectivity index is 2.61. The Labute approximate surface area is 117 Å². The molecule has 3 nitrogen and oxygen atoms in total. The fourth-order valence-electron chi connectivity index (χ4n) is 1.47. The maximum Gasteiger partial charge on any atom is 0.123 e. The van der Waals surface area contributed by atoms with Gasteiger partial charge in [0.05, 0.1) is 12.7 Å². The van der Waals surface area contributed by atoms with Crippen LogP contribution in [0.5, 0.6) is 5.75 Å². The maximum atomic E-state index is 8.48. The van der Waals surface area contributed by atoms with E-state index in [-0.39, 0.29) is 0 Å². The first kappa shape index (κ1) is 15.0. The van der Waals surface area contributed by atoms with E-state index < -0.39 is 0 Å². The molecule has 98 valence electrons. The molecule has 4 heteroatoms. The van der Waals surface area contributed by atoms with Gasteiger partial charge in [-0.15, -0.1) is 0 Å². The van der Waals surface area contributed by atoms with E-state index in [1.807, 2.05) is 12.1 Å². The first-order valence-electron chi connectivity index (χ1n) is 6.15. The van der Waals surface area contributed by atoms with Crippen molar-refractivity contribution in [3.63, 3.8) is 0 Å². The third-order valence-corrected chi connectivity index (χ3v) is 2.91. The van der Waals surface area contributed by atoms with E-state index in [4.69, 9.17) is 10.00 Å². The van der Waals surface area contributed by atoms with Gasteiger partial charge in [0.2, 0.25) is 0 Å². The SMILES string of the molecule is CC(C)NCc1cc(Br)ccc1OCCCC#N. The highest BCUT2D eigenvalue weighted by molar-refractivity contribution is 9.10. The number of hydrogen-bond donors (Lipinski definition) is 1. The van der Waals surface area contributed by atoms with Gasteiger partial charge in [-0.2, -0.15) is 5.26 Å². The lowest BCUT2D eigenvalue weighted by Gasteiger charge is -2.14. The largest absolute Gasteiger partial charge is 0.493 e. The maximum absolute atomic E-state index is 8.48. The first-order valence-corrected chi connectivity index (χ1v) is 6.94. The molecular weight excluding hydrogens is 292 g/mol. The molecule has 0 fully saturated rings. The second kappa shape index (κ2) is 8.12. The molecule has 0 aliphatic heterocycles. The Hall–Kier alpha value is -1.05. The summed E-state index contributed by atoms with van der Waals surface area (Å²) in [7, 11) is 0. The Kier molecular flexibility index (Phi) is 6.77. The van der Waals surface area contributed by atoms with Crippen LogP contribution in [0.1, 0.15) is 32.3 Å². The number of benzene rings is 1. The van der Waals surface area contributed by atoms with E-state index in [0.717, 1.165) is 28.8 Å². The monoisotopic (exact) mass is 310 g/mol. The van der Waals surface area contributed by atoms with Crippen LogP contribution in [0.2, 0.25) is 0 Å². The third-order valence-electron chi connectivity index (χ3n) is 2.41. The summed E-state index contributed by atoms with van der Waals surface area (Å²) < 4.78 is 6.76. The van der Waals surface area contributed by atoms with Gasteiger partial charge < -0.3 is 10.1 Å². The Bertz CT molecular complexity index is 413. The molecule has 0 heterocycles. The lowest BCUT2D eigenvalue weighted by molar-refractivity contribution is 0.308. The molecular formula is C14H19BrN2O. The van der Waals surface area contributed by atoms with Crippen LogP contribution in [-0.4, -0.2) is 12.6 Å². The first-order chi connectivity index (χ1) is 8.63.